The van der Waals surface area contributed by atoms with Crippen LogP contribution in [-0.4, -0.2) is 77.0 Å². The molecule has 0 radical (unpaired) electrons. The fourth-order valence-electron chi connectivity index (χ4n) is 14.3. The topological polar surface area (TPSA) is 88.5 Å². The normalized spacial score (nSPS) is 46.2. The lowest BCUT2D eigenvalue weighted by Gasteiger charge is -2.63. The van der Waals surface area contributed by atoms with E-state index < -0.39 is 29.6 Å². The highest BCUT2D eigenvalue weighted by atomic mass is 19.1. The number of halogens is 2. The highest BCUT2D eigenvalue weighted by Crippen LogP contribution is 2.89. The van der Waals surface area contributed by atoms with Crippen LogP contribution in [0.4, 0.5) is 8.78 Å². The van der Waals surface area contributed by atoms with Crippen molar-refractivity contribution in [1.29, 1.82) is 0 Å². The van der Waals surface area contributed by atoms with E-state index in [0.717, 1.165) is 31.7 Å². The number of hydrogen-bond donors (Lipinski definition) is 2. The van der Waals surface area contributed by atoms with Crippen LogP contribution in [0.5, 0.6) is 0 Å². The van der Waals surface area contributed by atoms with Gasteiger partial charge in [0, 0.05) is 12.6 Å². The Hall–Kier alpha value is -1.65. The third kappa shape index (κ3) is 5.35. The van der Waals surface area contributed by atoms with E-state index in [1.54, 1.807) is 18.7 Å². The van der Waals surface area contributed by atoms with E-state index in [0.29, 0.717) is 59.8 Å². The van der Waals surface area contributed by atoms with Gasteiger partial charge >= 0.3 is 0 Å². The van der Waals surface area contributed by atoms with E-state index in [-0.39, 0.29) is 46.9 Å². The Balaban J connectivity index is 0.957. The van der Waals surface area contributed by atoms with Crippen LogP contribution >= 0.6 is 0 Å². The van der Waals surface area contributed by atoms with Crippen molar-refractivity contribution in [3.63, 3.8) is 0 Å². The van der Waals surface area contributed by atoms with Crippen LogP contribution in [0.15, 0.2) is 18.2 Å². The van der Waals surface area contributed by atoms with Crippen molar-refractivity contribution in [2.24, 2.45) is 50.7 Å². The summed E-state index contributed by atoms with van der Waals surface area (Å²) in [7, 11) is 0. The summed E-state index contributed by atoms with van der Waals surface area (Å²) < 4.78 is 47.2. The van der Waals surface area contributed by atoms with Crippen LogP contribution in [0.25, 0.3) is 0 Å². The number of fused-ring (bicyclic) bond motifs is 4. The molecule has 7 nitrogen and oxygen atoms in total. The van der Waals surface area contributed by atoms with Gasteiger partial charge in [0.05, 0.1) is 43.5 Å². The summed E-state index contributed by atoms with van der Waals surface area (Å²) in [5.41, 5.74) is 0.131. The zero-order valence-electron chi connectivity index (χ0n) is 31.9. The van der Waals surface area contributed by atoms with Gasteiger partial charge in [-0.3, -0.25) is 4.79 Å². The fourth-order valence-corrected chi connectivity index (χ4v) is 14.3. The largest absolute Gasteiger partial charge is 0.388 e. The standard InChI is InChI=1S/C42H61F2NO6/c1-24-16-28(36(47)38(4,5)48)50-29-21-40(7)31-9-8-30-37(2,3)32(10-11-41(30)23-42(31,41)13-12-39(40,6)35(24)29)51-34-22-45(14-15-49-34)33(46)19-25-17-26(43)20-27(44)18-25/h17-18,20,24,28-32,34-36,47-48H,8-16,19,21-23H2,1-7H3/t24-,28?,29?,30?,31+,32+,34?,35?,36+,39-,40+,41-,42+/m1/s1. The molecule has 2 aliphatic heterocycles. The monoisotopic (exact) mass is 713 g/mol. The predicted octanol–water partition coefficient (Wildman–Crippen LogP) is 7.05. The number of aliphatic hydroxyl groups is 2. The van der Waals surface area contributed by atoms with E-state index >= 15 is 0 Å². The SMILES string of the molecule is C[C@@H]1CC([C@H](O)C(C)(C)O)OC2C[C@@]3(C)[C@@H]4CCC5C(C)(C)[C@@H](OC6CN(C(=O)Cc7cc(F)cc(F)c7)CCO6)CC[C@@]56C[C@@]46CC[C@]3(C)C21. The van der Waals surface area contributed by atoms with E-state index in [9.17, 15) is 23.8 Å². The molecule has 7 fully saturated rings. The molecule has 2 spiro atoms. The van der Waals surface area contributed by atoms with Gasteiger partial charge in [-0.15, -0.1) is 0 Å². The van der Waals surface area contributed by atoms with Gasteiger partial charge < -0.3 is 29.3 Å². The summed E-state index contributed by atoms with van der Waals surface area (Å²) in [6, 6.07) is 3.26. The second-order valence-corrected chi connectivity index (χ2v) is 19.8. The summed E-state index contributed by atoms with van der Waals surface area (Å²) in [5.74, 6) is 0.578. The van der Waals surface area contributed by atoms with E-state index in [1.165, 1.54) is 44.2 Å². The number of hydrogen-bond acceptors (Lipinski definition) is 6. The first-order valence-electron chi connectivity index (χ1n) is 19.9. The van der Waals surface area contributed by atoms with Gasteiger partial charge in [0.1, 0.15) is 17.7 Å². The number of rotatable bonds is 6. The molecule has 1 amide bonds. The number of aliphatic hydroxyl groups excluding tert-OH is 1. The Morgan fingerprint density at radius 2 is 1.71 bits per heavy atom. The molecule has 1 aromatic rings. The Morgan fingerprint density at radius 1 is 1.02 bits per heavy atom. The van der Waals surface area contributed by atoms with E-state index in [4.69, 9.17) is 14.2 Å². The maximum absolute atomic E-state index is 13.8. The molecule has 9 heteroatoms. The minimum Gasteiger partial charge on any atom is -0.388 e. The Kier molecular flexibility index (Phi) is 8.49. The van der Waals surface area contributed by atoms with Gasteiger partial charge in [-0.1, -0.05) is 34.6 Å². The first-order chi connectivity index (χ1) is 23.8. The number of amides is 1. The Bertz CT molecular complexity index is 1530. The Morgan fingerprint density at radius 3 is 2.41 bits per heavy atom. The van der Waals surface area contributed by atoms with Crippen molar-refractivity contribution in [2.75, 3.05) is 19.7 Å². The van der Waals surface area contributed by atoms with Crippen molar-refractivity contribution in [2.45, 2.75) is 149 Å². The molecule has 2 N–H and O–H groups in total. The lowest BCUT2D eigenvalue weighted by Crippen LogP contribution is -2.59. The number of carbonyl (C=O) groups excluding carboxylic acids is 1. The molecule has 284 valence electrons. The van der Waals surface area contributed by atoms with Gasteiger partial charge in [0.2, 0.25) is 5.91 Å². The van der Waals surface area contributed by atoms with Gasteiger partial charge in [-0.05, 0) is 140 Å². The smallest absolute Gasteiger partial charge is 0.227 e. The molecule has 0 bridgehead atoms. The first-order valence-corrected chi connectivity index (χ1v) is 19.9. The number of carbonyl (C=O) groups is 1. The molecular formula is C42H61F2NO6. The van der Waals surface area contributed by atoms with Crippen LogP contribution in [0.2, 0.25) is 0 Å². The first kappa shape index (κ1) is 36.3. The fraction of sp³-hybridized carbons (Fsp3) is 0.833. The van der Waals surface area contributed by atoms with Crippen molar-refractivity contribution in [1.82, 2.24) is 4.90 Å². The predicted molar refractivity (Wildman–Crippen MR) is 188 cm³/mol. The zero-order chi connectivity index (χ0) is 36.5. The molecule has 7 aliphatic rings. The molecule has 13 atom stereocenters. The van der Waals surface area contributed by atoms with Gasteiger partial charge in [-0.25, -0.2) is 8.78 Å². The second-order valence-electron chi connectivity index (χ2n) is 19.8. The molecule has 8 rings (SSSR count). The maximum atomic E-state index is 13.8. The van der Waals surface area contributed by atoms with Gasteiger partial charge in [0.25, 0.3) is 0 Å². The molecule has 5 unspecified atom stereocenters. The second kappa shape index (κ2) is 11.9. The number of ether oxygens (including phenoxy) is 3. The van der Waals surface area contributed by atoms with Crippen LogP contribution in [0.3, 0.4) is 0 Å². The number of morpholine rings is 1. The van der Waals surface area contributed by atoms with Crippen LogP contribution in [-0.2, 0) is 25.4 Å². The van der Waals surface area contributed by atoms with Crippen molar-refractivity contribution < 1.29 is 38.0 Å². The summed E-state index contributed by atoms with van der Waals surface area (Å²) >= 11 is 0. The molecule has 5 saturated carbocycles. The average molecular weight is 714 g/mol. The minimum atomic E-state index is -1.19. The highest BCUT2D eigenvalue weighted by molar-refractivity contribution is 5.78. The van der Waals surface area contributed by atoms with Crippen molar-refractivity contribution in [3.8, 4) is 0 Å². The Labute approximate surface area is 303 Å². The highest BCUT2D eigenvalue weighted by Gasteiger charge is 2.83. The van der Waals surface area contributed by atoms with Crippen molar-refractivity contribution in [3.05, 3.63) is 35.4 Å². The van der Waals surface area contributed by atoms with Gasteiger partial charge in [-0.2, -0.15) is 0 Å². The van der Waals surface area contributed by atoms with E-state index in [2.05, 4.69) is 34.6 Å². The lowest BCUT2D eigenvalue weighted by molar-refractivity contribution is -0.246. The average Bonchev–Trinajstić information content (AvgIpc) is 3.64. The maximum Gasteiger partial charge on any atom is 0.227 e. The summed E-state index contributed by atoms with van der Waals surface area (Å²) in [6.45, 7) is 16.8. The van der Waals surface area contributed by atoms with E-state index in [1.807, 2.05) is 0 Å². The minimum absolute atomic E-state index is 0.0203. The van der Waals surface area contributed by atoms with Crippen molar-refractivity contribution >= 4 is 5.91 Å². The quantitative estimate of drug-likeness (QED) is 0.329. The molecular weight excluding hydrogens is 652 g/mol. The summed E-state index contributed by atoms with van der Waals surface area (Å²) in [6.07, 6.45) is 8.53. The summed E-state index contributed by atoms with van der Waals surface area (Å²) in [5, 5.41) is 21.7. The lowest BCUT2D eigenvalue weighted by atomic mass is 9.41. The molecule has 0 aromatic heterocycles. The third-order valence-corrected chi connectivity index (χ3v) is 16.7. The molecule has 2 heterocycles. The number of nitrogens with zero attached hydrogens (tertiary/aromatic N) is 1. The van der Waals surface area contributed by atoms with Crippen LogP contribution < -0.4 is 0 Å². The molecule has 51 heavy (non-hydrogen) atoms. The van der Waals surface area contributed by atoms with Crippen LogP contribution in [0, 0.1) is 62.4 Å². The summed E-state index contributed by atoms with van der Waals surface area (Å²) in [4.78, 5) is 14.9. The third-order valence-electron chi connectivity index (χ3n) is 16.7. The number of benzene rings is 1. The molecule has 5 aliphatic carbocycles. The van der Waals surface area contributed by atoms with Gasteiger partial charge in [0.15, 0.2) is 6.29 Å². The molecule has 1 aromatic carbocycles. The molecule has 2 saturated heterocycles. The van der Waals surface area contributed by atoms with Crippen LogP contribution in [0.1, 0.15) is 112 Å². The zero-order valence-corrected chi connectivity index (χ0v) is 31.9.